The molecule has 0 spiro atoms. The highest BCUT2D eigenvalue weighted by Gasteiger charge is 2.15. The van der Waals surface area contributed by atoms with Crippen molar-refractivity contribution >= 4 is 17.5 Å². The number of quaternary nitrogens is 1. The van der Waals surface area contributed by atoms with E-state index in [1.807, 2.05) is 0 Å². The highest BCUT2D eigenvalue weighted by Crippen LogP contribution is 2.08. The molecule has 1 aromatic rings. The molecule has 114 valence electrons. The van der Waals surface area contributed by atoms with Gasteiger partial charge in [-0.1, -0.05) is 6.42 Å². The molecule has 2 rings (SSSR count). The maximum absolute atomic E-state index is 12.1. The Balaban J connectivity index is 1.84. The fraction of sp³-hybridized carbons (Fsp3) is 0.500. The topological polar surface area (TPSA) is 76.6 Å². The number of hydrogen-bond donors (Lipinski definition) is 3. The van der Waals surface area contributed by atoms with E-state index in [0.717, 1.165) is 13.1 Å². The van der Waals surface area contributed by atoms with Crippen LogP contribution in [0.25, 0.3) is 0 Å². The third-order valence-electron chi connectivity index (χ3n) is 3.92. The van der Waals surface area contributed by atoms with E-state index in [4.69, 9.17) is 5.73 Å². The summed E-state index contributed by atoms with van der Waals surface area (Å²) in [7, 11) is 0. The molecule has 0 saturated carbocycles. The Hall–Kier alpha value is -1.88. The first-order valence-electron chi connectivity index (χ1n) is 7.68. The lowest BCUT2D eigenvalue weighted by atomic mass is 10.1. The zero-order valence-corrected chi connectivity index (χ0v) is 12.4. The van der Waals surface area contributed by atoms with Gasteiger partial charge in [-0.25, -0.2) is 0 Å². The number of carbonyl (C=O) groups is 2. The van der Waals surface area contributed by atoms with Gasteiger partial charge < -0.3 is 16.0 Å². The van der Waals surface area contributed by atoms with Gasteiger partial charge in [0.05, 0.1) is 13.1 Å². The van der Waals surface area contributed by atoms with Gasteiger partial charge in [-0.15, -0.1) is 0 Å². The smallest absolute Gasteiger partial charge is 0.279 e. The summed E-state index contributed by atoms with van der Waals surface area (Å²) < 4.78 is 0. The molecule has 4 N–H and O–H groups in total. The molecule has 1 aliphatic rings. The second-order valence-corrected chi connectivity index (χ2v) is 5.68. The number of hydrogen-bond acceptors (Lipinski definition) is 2. The van der Waals surface area contributed by atoms with Crippen LogP contribution < -0.4 is 16.0 Å². The summed E-state index contributed by atoms with van der Waals surface area (Å²) in [5, 5.41) is 2.88. The number of benzene rings is 1. The molecule has 0 radical (unpaired) electrons. The van der Waals surface area contributed by atoms with Gasteiger partial charge in [-0.3, -0.25) is 9.59 Å². The molecule has 21 heavy (non-hydrogen) atoms. The van der Waals surface area contributed by atoms with Crippen molar-refractivity contribution in [1.29, 1.82) is 0 Å². The molecule has 1 fully saturated rings. The van der Waals surface area contributed by atoms with Crippen LogP contribution in [0.4, 0.5) is 5.69 Å². The molecule has 1 heterocycles. The summed E-state index contributed by atoms with van der Waals surface area (Å²) in [6.45, 7) is 2.67. The first kappa shape index (κ1) is 15.5. The third-order valence-corrected chi connectivity index (χ3v) is 3.92. The predicted molar refractivity (Wildman–Crippen MR) is 82.2 cm³/mol. The second kappa shape index (κ2) is 7.78. The van der Waals surface area contributed by atoms with Crippen molar-refractivity contribution in [2.75, 3.05) is 25.0 Å². The van der Waals surface area contributed by atoms with Gasteiger partial charge in [0, 0.05) is 11.3 Å². The number of likely N-dealkylation sites (tertiary alicyclic amines) is 1. The average molecular weight is 290 g/mol. The van der Waals surface area contributed by atoms with Gasteiger partial charge in [0.2, 0.25) is 5.91 Å². The summed E-state index contributed by atoms with van der Waals surface area (Å²) in [5.41, 5.74) is 6.34. The van der Waals surface area contributed by atoms with E-state index < -0.39 is 5.91 Å². The van der Waals surface area contributed by atoms with Crippen molar-refractivity contribution in [3.8, 4) is 0 Å². The number of nitrogens with two attached hydrogens (primary N) is 1. The Labute approximate surface area is 125 Å². The van der Waals surface area contributed by atoms with Crippen LogP contribution in [-0.2, 0) is 4.79 Å². The summed E-state index contributed by atoms with van der Waals surface area (Å²) >= 11 is 0. The monoisotopic (exact) mass is 290 g/mol. The van der Waals surface area contributed by atoms with E-state index in [0.29, 0.717) is 17.8 Å². The lowest BCUT2D eigenvalue weighted by Crippen LogP contribution is -3.13. The molecule has 0 aromatic heterocycles. The molecule has 1 aliphatic heterocycles. The van der Waals surface area contributed by atoms with Crippen molar-refractivity contribution in [2.24, 2.45) is 5.73 Å². The van der Waals surface area contributed by atoms with Crippen LogP contribution in [0.1, 0.15) is 42.5 Å². The normalized spacial score (nSPS) is 16.8. The summed E-state index contributed by atoms with van der Waals surface area (Å²) in [4.78, 5) is 24.4. The van der Waals surface area contributed by atoms with Crippen molar-refractivity contribution in [2.45, 2.75) is 32.1 Å². The maximum atomic E-state index is 12.1. The van der Waals surface area contributed by atoms with Crippen LogP contribution in [-0.4, -0.2) is 31.4 Å². The van der Waals surface area contributed by atoms with Crippen LogP contribution in [0.3, 0.4) is 0 Å². The lowest BCUT2D eigenvalue weighted by molar-refractivity contribution is -0.892. The molecule has 0 unspecified atom stereocenters. The van der Waals surface area contributed by atoms with Crippen LogP contribution >= 0.6 is 0 Å². The van der Waals surface area contributed by atoms with E-state index >= 15 is 0 Å². The highest BCUT2D eigenvalue weighted by atomic mass is 16.2. The van der Waals surface area contributed by atoms with Gasteiger partial charge in [-0.05, 0) is 49.9 Å². The van der Waals surface area contributed by atoms with Gasteiger partial charge in [-0.2, -0.15) is 0 Å². The fourth-order valence-corrected chi connectivity index (χ4v) is 2.73. The summed E-state index contributed by atoms with van der Waals surface area (Å²) in [6.07, 6.45) is 6.29. The minimum Gasteiger partial charge on any atom is -0.366 e. The SMILES string of the molecule is NC(=O)c1ccc(NC(=O)C[NH+]2CCCCCCC2)cc1. The number of nitrogens with one attached hydrogen (secondary N) is 2. The number of primary amides is 1. The summed E-state index contributed by atoms with van der Waals surface area (Å²) in [5.74, 6) is -0.435. The number of anilines is 1. The van der Waals surface area contributed by atoms with E-state index in [2.05, 4.69) is 5.32 Å². The third kappa shape index (κ3) is 5.19. The molecular weight excluding hydrogens is 266 g/mol. The van der Waals surface area contributed by atoms with Crippen LogP contribution in [0, 0.1) is 0 Å². The van der Waals surface area contributed by atoms with E-state index in [1.165, 1.54) is 37.0 Å². The molecule has 1 saturated heterocycles. The van der Waals surface area contributed by atoms with Crippen molar-refractivity contribution in [1.82, 2.24) is 0 Å². The molecule has 2 amide bonds. The highest BCUT2D eigenvalue weighted by molar-refractivity contribution is 5.95. The Morgan fingerprint density at radius 3 is 2.14 bits per heavy atom. The largest absolute Gasteiger partial charge is 0.366 e. The van der Waals surface area contributed by atoms with Crippen molar-refractivity contribution in [3.05, 3.63) is 29.8 Å². The van der Waals surface area contributed by atoms with E-state index in [9.17, 15) is 9.59 Å². The fourth-order valence-electron chi connectivity index (χ4n) is 2.73. The van der Waals surface area contributed by atoms with Crippen LogP contribution in [0.15, 0.2) is 24.3 Å². The first-order chi connectivity index (χ1) is 10.1. The van der Waals surface area contributed by atoms with Gasteiger partial charge in [0.25, 0.3) is 5.91 Å². The molecular formula is C16H24N3O2+. The maximum Gasteiger partial charge on any atom is 0.279 e. The number of amides is 2. The minimum atomic E-state index is -0.460. The lowest BCUT2D eigenvalue weighted by Gasteiger charge is -2.21. The molecule has 0 bridgehead atoms. The van der Waals surface area contributed by atoms with E-state index in [1.54, 1.807) is 24.3 Å². The second-order valence-electron chi connectivity index (χ2n) is 5.68. The van der Waals surface area contributed by atoms with Gasteiger partial charge in [0.1, 0.15) is 0 Å². The Bertz CT molecular complexity index is 477. The summed E-state index contributed by atoms with van der Waals surface area (Å²) in [6, 6.07) is 6.67. The standard InChI is InChI=1S/C16H23N3O2/c17-16(21)13-6-8-14(9-7-13)18-15(20)12-19-10-4-2-1-3-5-11-19/h6-9H,1-5,10-12H2,(H2,17,21)(H,18,20)/p+1. The molecule has 5 heteroatoms. The molecule has 0 atom stereocenters. The van der Waals surface area contributed by atoms with Crippen molar-refractivity contribution in [3.63, 3.8) is 0 Å². The Morgan fingerprint density at radius 2 is 1.57 bits per heavy atom. The predicted octanol–water partition coefficient (Wildman–Crippen LogP) is 0.573. The van der Waals surface area contributed by atoms with E-state index in [-0.39, 0.29) is 5.91 Å². The van der Waals surface area contributed by atoms with Crippen molar-refractivity contribution < 1.29 is 14.5 Å². The minimum absolute atomic E-state index is 0.0254. The molecule has 0 aliphatic carbocycles. The van der Waals surface area contributed by atoms with Crippen LogP contribution in [0.5, 0.6) is 0 Å². The average Bonchev–Trinajstić information content (AvgIpc) is 2.42. The van der Waals surface area contributed by atoms with Gasteiger partial charge >= 0.3 is 0 Å². The quantitative estimate of drug-likeness (QED) is 0.758. The zero-order chi connectivity index (χ0) is 15.1. The van der Waals surface area contributed by atoms with Gasteiger partial charge in [0.15, 0.2) is 6.54 Å². The molecule has 1 aromatic carbocycles. The molecule has 5 nitrogen and oxygen atoms in total. The number of carbonyl (C=O) groups excluding carboxylic acids is 2. The zero-order valence-electron chi connectivity index (χ0n) is 12.4. The Morgan fingerprint density at radius 1 is 1.00 bits per heavy atom. The van der Waals surface area contributed by atoms with Crippen LogP contribution in [0.2, 0.25) is 0 Å². The first-order valence-corrected chi connectivity index (χ1v) is 7.68. The number of rotatable bonds is 4. The Kier molecular flexibility index (Phi) is 5.75.